The highest BCUT2D eigenvalue weighted by Crippen LogP contribution is 2.26. The van der Waals surface area contributed by atoms with E-state index in [0.717, 1.165) is 0 Å². The fraction of sp³-hybridized carbons (Fsp3) is 0.100. The summed E-state index contributed by atoms with van der Waals surface area (Å²) in [5.74, 6) is 0. The standard InChI is InChI=1S/C10H8N2O3/c1-6-2-3-8-7(9(6)12(14)15)4-5-11-10(8)13/h2-5H,1H3,(H,11,13). The lowest BCUT2D eigenvalue weighted by Crippen LogP contribution is -2.06. The molecule has 0 saturated carbocycles. The number of nitrogens with zero attached hydrogens (tertiary/aromatic N) is 1. The molecule has 0 spiro atoms. The minimum absolute atomic E-state index is 0.00130. The van der Waals surface area contributed by atoms with E-state index in [0.29, 0.717) is 16.3 Å². The largest absolute Gasteiger partial charge is 0.329 e. The second-order valence-electron chi connectivity index (χ2n) is 3.26. The van der Waals surface area contributed by atoms with E-state index in [2.05, 4.69) is 4.98 Å². The van der Waals surface area contributed by atoms with Gasteiger partial charge in [-0.15, -0.1) is 0 Å². The molecule has 0 amide bonds. The molecule has 0 saturated heterocycles. The van der Waals surface area contributed by atoms with E-state index >= 15 is 0 Å². The maximum Gasteiger partial charge on any atom is 0.280 e. The molecule has 0 aliphatic rings. The van der Waals surface area contributed by atoms with Crippen molar-refractivity contribution in [2.45, 2.75) is 6.92 Å². The molecule has 5 heteroatoms. The molecule has 0 atom stereocenters. The molecule has 1 aromatic carbocycles. The molecular formula is C10H8N2O3. The van der Waals surface area contributed by atoms with Crippen LogP contribution in [-0.2, 0) is 0 Å². The van der Waals surface area contributed by atoms with E-state index in [-0.39, 0.29) is 11.2 Å². The summed E-state index contributed by atoms with van der Waals surface area (Å²) in [7, 11) is 0. The van der Waals surface area contributed by atoms with Gasteiger partial charge < -0.3 is 4.98 Å². The summed E-state index contributed by atoms with van der Waals surface area (Å²) in [6, 6.07) is 4.72. The Balaban J connectivity index is 3.01. The van der Waals surface area contributed by atoms with Crippen molar-refractivity contribution in [3.63, 3.8) is 0 Å². The number of fused-ring (bicyclic) bond motifs is 1. The van der Waals surface area contributed by atoms with E-state index in [9.17, 15) is 14.9 Å². The van der Waals surface area contributed by atoms with Gasteiger partial charge >= 0.3 is 0 Å². The monoisotopic (exact) mass is 204 g/mol. The zero-order valence-electron chi connectivity index (χ0n) is 7.98. The quantitative estimate of drug-likeness (QED) is 0.567. The smallest absolute Gasteiger partial charge is 0.280 e. The summed E-state index contributed by atoms with van der Waals surface area (Å²) in [6.45, 7) is 1.65. The van der Waals surface area contributed by atoms with Gasteiger partial charge in [0, 0.05) is 11.8 Å². The fourth-order valence-corrected chi connectivity index (χ4v) is 1.60. The minimum Gasteiger partial charge on any atom is -0.329 e. The number of nitro benzene ring substituents is 1. The molecule has 0 fully saturated rings. The Hall–Kier alpha value is -2.17. The summed E-state index contributed by atoms with van der Waals surface area (Å²) >= 11 is 0. The van der Waals surface area contributed by atoms with Gasteiger partial charge in [-0.1, -0.05) is 6.07 Å². The average molecular weight is 204 g/mol. The number of aromatic amines is 1. The lowest BCUT2D eigenvalue weighted by atomic mass is 10.1. The molecule has 2 aromatic rings. The van der Waals surface area contributed by atoms with Gasteiger partial charge in [-0.3, -0.25) is 14.9 Å². The molecule has 15 heavy (non-hydrogen) atoms. The first-order valence-corrected chi connectivity index (χ1v) is 4.36. The van der Waals surface area contributed by atoms with Gasteiger partial charge in [0.25, 0.3) is 11.2 Å². The van der Waals surface area contributed by atoms with Crippen LogP contribution in [0.1, 0.15) is 5.56 Å². The van der Waals surface area contributed by atoms with Crippen molar-refractivity contribution in [1.82, 2.24) is 4.98 Å². The van der Waals surface area contributed by atoms with Gasteiger partial charge in [0.1, 0.15) is 0 Å². The minimum atomic E-state index is -0.461. The molecule has 1 heterocycles. The van der Waals surface area contributed by atoms with E-state index in [1.807, 2.05) is 0 Å². The van der Waals surface area contributed by atoms with Gasteiger partial charge in [0.15, 0.2) is 0 Å². The maximum atomic E-state index is 11.4. The van der Waals surface area contributed by atoms with Gasteiger partial charge in [-0.25, -0.2) is 0 Å². The van der Waals surface area contributed by atoms with Gasteiger partial charge in [0.05, 0.1) is 15.7 Å². The van der Waals surface area contributed by atoms with Crippen LogP contribution in [-0.4, -0.2) is 9.91 Å². The summed E-state index contributed by atoms with van der Waals surface area (Å²) in [6.07, 6.45) is 1.41. The van der Waals surface area contributed by atoms with E-state index in [1.165, 1.54) is 6.20 Å². The van der Waals surface area contributed by atoms with Crippen molar-refractivity contribution in [2.75, 3.05) is 0 Å². The lowest BCUT2D eigenvalue weighted by molar-refractivity contribution is -0.383. The van der Waals surface area contributed by atoms with Crippen LogP contribution in [0.2, 0.25) is 0 Å². The zero-order chi connectivity index (χ0) is 11.0. The number of hydrogen-bond acceptors (Lipinski definition) is 3. The SMILES string of the molecule is Cc1ccc2c(=O)[nH]ccc2c1[N+](=O)[O-]. The van der Waals surface area contributed by atoms with Crippen LogP contribution in [0.15, 0.2) is 29.2 Å². The number of aromatic nitrogens is 1. The van der Waals surface area contributed by atoms with Crippen LogP contribution in [0.4, 0.5) is 5.69 Å². The maximum absolute atomic E-state index is 11.4. The number of aryl methyl sites for hydroxylation is 1. The van der Waals surface area contributed by atoms with Gasteiger partial charge in [-0.05, 0) is 19.1 Å². The van der Waals surface area contributed by atoms with Gasteiger partial charge in [0.2, 0.25) is 0 Å². The summed E-state index contributed by atoms with van der Waals surface area (Å²) < 4.78 is 0. The number of hydrogen-bond donors (Lipinski definition) is 1. The Labute approximate surface area is 84.5 Å². The summed E-state index contributed by atoms with van der Waals surface area (Å²) in [5, 5.41) is 11.6. The van der Waals surface area contributed by atoms with Crippen LogP contribution < -0.4 is 5.56 Å². The second kappa shape index (κ2) is 3.20. The first-order chi connectivity index (χ1) is 7.11. The Bertz CT molecular complexity index is 601. The van der Waals surface area contributed by atoms with Crippen LogP contribution >= 0.6 is 0 Å². The number of H-pyrrole nitrogens is 1. The molecule has 76 valence electrons. The highest BCUT2D eigenvalue weighted by atomic mass is 16.6. The summed E-state index contributed by atoms with van der Waals surface area (Å²) in [4.78, 5) is 24.2. The highest BCUT2D eigenvalue weighted by Gasteiger charge is 2.16. The Morgan fingerprint density at radius 2 is 2.00 bits per heavy atom. The van der Waals surface area contributed by atoms with E-state index in [1.54, 1.807) is 25.1 Å². The van der Waals surface area contributed by atoms with Crippen LogP contribution in [0.5, 0.6) is 0 Å². The van der Waals surface area contributed by atoms with E-state index < -0.39 is 4.92 Å². The third-order valence-corrected chi connectivity index (χ3v) is 2.31. The number of nitro groups is 1. The van der Waals surface area contributed by atoms with Crippen molar-refractivity contribution in [1.29, 1.82) is 0 Å². The average Bonchev–Trinajstić information content (AvgIpc) is 2.17. The first-order valence-electron chi connectivity index (χ1n) is 4.36. The molecule has 0 aliphatic heterocycles. The molecule has 0 radical (unpaired) electrons. The first kappa shape index (κ1) is 9.39. The molecular weight excluding hydrogens is 196 g/mol. The molecule has 1 N–H and O–H groups in total. The van der Waals surface area contributed by atoms with Crippen LogP contribution in [0, 0.1) is 17.0 Å². The van der Waals surface area contributed by atoms with Crippen LogP contribution in [0.3, 0.4) is 0 Å². The Morgan fingerprint density at radius 1 is 1.27 bits per heavy atom. The fourth-order valence-electron chi connectivity index (χ4n) is 1.60. The predicted octanol–water partition coefficient (Wildman–Crippen LogP) is 1.74. The Kier molecular flexibility index (Phi) is 2.00. The Morgan fingerprint density at radius 3 is 2.67 bits per heavy atom. The predicted molar refractivity (Wildman–Crippen MR) is 56.0 cm³/mol. The third kappa shape index (κ3) is 1.38. The van der Waals surface area contributed by atoms with Crippen molar-refractivity contribution in [3.05, 3.63) is 50.4 Å². The summed E-state index contributed by atoms with van der Waals surface area (Å²) in [5.41, 5.74) is 0.243. The molecule has 0 unspecified atom stereocenters. The second-order valence-corrected chi connectivity index (χ2v) is 3.26. The number of benzene rings is 1. The topological polar surface area (TPSA) is 76.0 Å². The van der Waals surface area contributed by atoms with Crippen molar-refractivity contribution >= 4 is 16.5 Å². The molecule has 2 rings (SSSR count). The number of pyridine rings is 1. The number of nitrogens with one attached hydrogen (secondary N) is 1. The van der Waals surface area contributed by atoms with Crippen LogP contribution in [0.25, 0.3) is 10.8 Å². The third-order valence-electron chi connectivity index (χ3n) is 2.31. The lowest BCUT2D eigenvalue weighted by Gasteiger charge is -2.00. The highest BCUT2D eigenvalue weighted by molar-refractivity contribution is 5.91. The molecule has 1 aromatic heterocycles. The molecule has 0 bridgehead atoms. The van der Waals surface area contributed by atoms with Crippen molar-refractivity contribution in [3.8, 4) is 0 Å². The van der Waals surface area contributed by atoms with Crippen molar-refractivity contribution < 1.29 is 4.92 Å². The zero-order valence-corrected chi connectivity index (χ0v) is 7.98. The van der Waals surface area contributed by atoms with Gasteiger partial charge in [-0.2, -0.15) is 0 Å². The normalized spacial score (nSPS) is 10.5. The molecule has 5 nitrogen and oxygen atoms in total. The van der Waals surface area contributed by atoms with E-state index in [4.69, 9.17) is 0 Å². The molecule has 0 aliphatic carbocycles. The van der Waals surface area contributed by atoms with Crippen molar-refractivity contribution in [2.24, 2.45) is 0 Å². The number of rotatable bonds is 1.